The summed E-state index contributed by atoms with van der Waals surface area (Å²) in [6, 6.07) is 0. The molecule has 0 bridgehead atoms. The van der Waals surface area contributed by atoms with Crippen molar-refractivity contribution in [2.75, 3.05) is 32.9 Å². The molecule has 5 nitrogen and oxygen atoms in total. The van der Waals surface area contributed by atoms with E-state index < -0.39 is 5.60 Å². The van der Waals surface area contributed by atoms with Crippen LogP contribution in [0.3, 0.4) is 0 Å². The molecule has 1 N–H and O–H groups in total. The van der Waals surface area contributed by atoms with Gasteiger partial charge >= 0.3 is 6.09 Å². The predicted octanol–water partition coefficient (Wildman–Crippen LogP) is 1.64. The standard InChI is InChI=1S/C13H25NO4/c1-5-17-10-13(9-15)6-7-14(8-13)11(16)18-12(2,3)4/h15H,5-10H2,1-4H3. The molecule has 1 aliphatic rings. The van der Waals surface area contributed by atoms with Crippen molar-refractivity contribution in [3.8, 4) is 0 Å². The van der Waals surface area contributed by atoms with Crippen LogP contribution < -0.4 is 0 Å². The SMILES string of the molecule is CCOCC1(CO)CCN(C(=O)OC(C)(C)C)C1. The highest BCUT2D eigenvalue weighted by Crippen LogP contribution is 2.31. The Morgan fingerprint density at radius 3 is 2.61 bits per heavy atom. The van der Waals surface area contributed by atoms with Gasteiger partial charge in [-0.1, -0.05) is 0 Å². The molecule has 0 saturated carbocycles. The van der Waals surface area contributed by atoms with Crippen LogP contribution in [0.1, 0.15) is 34.1 Å². The molecule has 1 saturated heterocycles. The lowest BCUT2D eigenvalue weighted by Crippen LogP contribution is -2.39. The van der Waals surface area contributed by atoms with E-state index in [2.05, 4.69) is 0 Å². The van der Waals surface area contributed by atoms with Gasteiger partial charge in [-0.15, -0.1) is 0 Å². The molecule has 0 spiro atoms. The van der Waals surface area contributed by atoms with Gasteiger partial charge in [-0.2, -0.15) is 0 Å². The number of hydrogen-bond acceptors (Lipinski definition) is 4. The normalized spacial score (nSPS) is 24.4. The van der Waals surface area contributed by atoms with Crippen molar-refractivity contribution >= 4 is 6.09 Å². The van der Waals surface area contributed by atoms with Crippen LogP contribution >= 0.6 is 0 Å². The van der Waals surface area contributed by atoms with Gasteiger partial charge in [0.25, 0.3) is 0 Å². The molecule has 1 unspecified atom stereocenters. The summed E-state index contributed by atoms with van der Waals surface area (Å²) in [5.74, 6) is 0. The van der Waals surface area contributed by atoms with Gasteiger partial charge in [0.2, 0.25) is 0 Å². The molecule has 5 heteroatoms. The Bertz CT molecular complexity index is 287. The Hall–Kier alpha value is -0.810. The predicted molar refractivity (Wildman–Crippen MR) is 68.4 cm³/mol. The number of ether oxygens (including phenoxy) is 2. The first-order chi connectivity index (χ1) is 8.32. The molecule has 0 aromatic heterocycles. The molecule has 106 valence electrons. The lowest BCUT2D eigenvalue weighted by Gasteiger charge is -2.28. The molecule has 0 radical (unpaired) electrons. The van der Waals surface area contributed by atoms with Gasteiger partial charge in [0.1, 0.15) is 5.60 Å². The maximum Gasteiger partial charge on any atom is 0.410 e. The average molecular weight is 259 g/mol. The van der Waals surface area contributed by atoms with Crippen molar-refractivity contribution in [3.63, 3.8) is 0 Å². The molecule has 0 aromatic rings. The van der Waals surface area contributed by atoms with E-state index in [-0.39, 0.29) is 18.1 Å². The molecule has 1 amide bonds. The van der Waals surface area contributed by atoms with Crippen LogP contribution in [0.2, 0.25) is 0 Å². The van der Waals surface area contributed by atoms with Crippen LogP contribution in [0.25, 0.3) is 0 Å². The minimum absolute atomic E-state index is 0.0340. The average Bonchev–Trinajstić information content (AvgIpc) is 2.69. The van der Waals surface area contributed by atoms with Crippen molar-refractivity contribution in [2.24, 2.45) is 5.41 Å². The second-order valence-corrected chi connectivity index (χ2v) is 5.95. The summed E-state index contributed by atoms with van der Waals surface area (Å²) in [4.78, 5) is 13.6. The second-order valence-electron chi connectivity index (χ2n) is 5.95. The third kappa shape index (κ3) is 4.14. The van der Waals surface area contributed by atoms with Crippen LogP contribution in [-0.4, -0.2) is 54.6 Å². The van der Waals surface area contributed by atoms with E-state index in [1.165, 1.54) is 0 Å². The topological polar surface area (TPSA) is 59.0 Å². The van der Waals surface area contributed by atoms with Crippen molar-refractivity contribution in [1.82, 2.24) is 4.90 Å². The van der Waals surface area contributed by atoms with Crippen molar-refractivity contribution < 1.29 is 19.4 Å². The molecule has 1 aliphatic heterocycles. The monoisotopic (exact) mass is 259 g/mol. The fraction of sp³-hybridized carbons (Fsp3) is 0.923. The van der Waals surface area contributed by atoms with E-state index in [0.717, 1.165) is 6.42 Å². The number of rotatable bonds is 4. The van der Waals surface area contributed by atoms with E-state index >= 15 is 0 Å². The highest BCUT2D eigenvalue weighted by molar-refractivity contribution is 5.68. The number of likely N-dealkylation sites (tertiary alicyclic amines) is 1. The number of nitrogens with zero attached hydrogens (tertiary/aromatic N) is 1. The third-order valence-electron chi connectivity index (χ3n) is 3.04. The van der Waals surface area contributed by atoms with Gasteiger partial charge in [-0.05, 0) is 34.1 Å². The highest BCUT2D eigenvalue weighted by atomic mass is 16.6. The summed E-state index contributed by atoms with van der Waals surface area (Å²) in [7, 11) is 0. The summed E-state index contributed by atoms with van der Waals surface area (Å²) in [5, 5.41) is 9.52. The molecular weight excluding hydrogens is 234 g/mol. The first-order valence-electron chi connectivity index (χ1n) is 6.48. The van der Waals surface area contributed by atoms with Crippen LogP contribution in [0.4, 0.5) is 4.79 Å². The maximum atomic E-state index is 11.9. The lowest BCUT2D eigenvalue weighted by atomic mass is 9.89. The van der Waals surface area contributed by atoms with Gasteiger partial charge < -0.3 is 19.5 Å². The highest BCUT2D eigenvalue weighted by Gasteiger charge is 2.41. The Morgan fingerprint density at radius 2 is 2.11 bits per heavy atom. The van der Waals surface area contributed by atoms with Crippen LogP contribution in [0.15, 0.2) is 0 Å². The number of aliphatic hydroxyl groups is 1. The Labute approximate surface area is 109 Å². The smallest absolute Gasteiger partial charge is 0.410 e. The molecule has 0 aromatic carbocycles. The minimum atomic E-state index is -0.485. The quantitative estimate of drug-likeness (QED) is 0.834. The van der Waals surface area contributed by atoms with Crippen molar-refractivity contribution in [2.45, 2.75) is 39.7 Å². The van der Waals surface area contributed by atoms with Crippen LogP contribution in [0, 0.1) is 5.41 Å². The van der Waals surface area contributed by atoms with E-state index in [4.69, 9.17) is 9.47 Å². The van der Waals surface area contributed by atoms with E-state index in [0.29, 0.717) is 26.3 Å². The maximum absolute atomic E-state index is 11.9. The Kier molecular flexibility index (Phi) is 4.99. The summed E-state index contributed by atoms with van der Waals surface area (Å²) >= 11 is 0. The third-order valence-corrected chi connectivity index (χ3v) is 3.04. The summed E-state index contributed by atoms with van der Waals surface area (Å²) in [6.45, 7) is 9.72. The summed E-state index contributed by atoms with van der Waals surface area (Å²) in [6.07, 6.45) is 0.442. The number of aliphatic hydroxyl groups excluding tert-OH is 1. The van der Waals surface area contributed by atoms with Crippen LogP contribution in [0.5, 0.6) is 0 Å². The molecule has 18 heavy (non-hydrogen) atoms. The zero-order valence-corrected chi connectivity index (χ0v) is 11.9. The number of carbonyl (C=O) groups excluding carboxylic acids is 1. The van der Waals surface area contributed by atoms with Gasteiger partial charge in [0.05, 0.1) is 13.2 Å². The zero-order valence-electron chi connectivity index (χ0n) is 11.9. The molecule has 1 rings (SSSR count). The van der Waals surface area contributed by atoms with Crippen LogP contribution in [-0.2, 0) is 9.47 Å². The van der Waals surface area contributed by atoms with E-state index in [1.807, 2.05) is 27.7 Å². The van der Waals surface area contributed by atoms with Gasteiger partial charge in [0.15, 0.2) is 0 Å². The zero-order chi connectivity index (χ0) is 13.8. The fourth-order valence-electron chi connectivity index (χ4n) is 2.03. The van der Waals surface area contributed by atoms with E-state index in [1.54, 1.807) is 4.90 Å². The summed E-state index contributed by atoms with van der Waals surface area (Å²) < 4.78 is 10.7. The Balaban J connectivity index is 2.55. The van der Waals surface area contributed by atoms with Gasteiger partial charge in [-0.25, -0.2) is 4.79 Å². The number of amides is 1. The lowest BCUT2D eigenvalue weighted by molar-refractivity contribution is 0.00602. The second kappa shape index (κ2) is 5.89. The van der Waals surface area contributed by atoms with Gasteiger partial charge in [-0.3, -0.25) is 0 Å². The number of carbonyl (C=O) groups is 1. The minimum Gasteiger partial charge on any atom is -0.444 e. The molecule has 0 aliphatic carbocycles. The molecular formula is C13H25NO4. The fourth-order valence-corrected chi connectivity index (χ4v) is 2.03. The first kappa shape index (κ1) is 15.2. The number of hydrogen-bond donors (Lipinski definition) is 1. The molecule has 1 atom stereocenters. The van der Waals surface area contributed by atoms with Crippen molar-refractivity contribution in [1.29, 1.82) is 0 Å². The van der Waals surface area contributed by atoms with E-state index in [9.17, 15) is 9.90 Å². The van der Waals surface area contributed by atoms with Gasteiger partial charge in [0, 0.05) is 25.1 Å². The van der Waals surface area contributed by atoms with Crippen molar-refractivity contribution in [3.05, 3.63) is 0 Å². The molecule has 1 heterocycles. The largest absolute Gasteiger partial charge is 0.444 e. The first-order valence-corrected chi connectivity index (χ1v) is 6.48. The molecule has 1 fully saturated rings. The Morgan fingerprint density at radius 1 is 1.44 bits per heavy atom. The summed E-state index contributed by atoms with van der Waals surface area (Å²) in [5.41, 5.74) is -0.811.